The molecule has 1 aromatic rings. The summed E-state index contributed by atoms with van der Waals surface area (Å²) in [5, 5.41) is -1.06. The molecule has 1 rings (SSSR count). The molecule has 0 saturated carbocycles. The van der Waals surface area contributed by atoms with Gasteiger partial charge in [-0.15, -0.1) is 0 Å². The number of hydrogen-bond acceptors (Lipinski definition) is 5. The van der Waals surface area contributed by atoms with Crippen molar-refractivity contribution in [3.63, 3.8) is 0 Å². The van der Waals surface area contributed by atoms with Crippen LogP contribution < -0.4 is 4.90 Å². The Morgan fingerprint density at radius 3 is 2.41 bits per heavy atom. The summed E-state index contributed by atoms with van der Waals surface area (Å²) in [5.74, 6) is 0. The normalized spacial score (nSPS) is 12.8. The zero-order valence-corrected chi connectivity index (χ0v) is 16.7. The molecule has 0 saturated heterocycles. The molecule has 0 spiro atoms. The van der Waals surface area contributed by atoms with E-state index in [0.717, 1.165) is 5.56 Å². The van der Waals surface area contributed by atoms with Gasteiger partial charge in [-0.2, -0.15) is 0 Å². The van der Waals surface area contributed by atoms with Crippen molar-refractivity contribution in [2.24, 2.45) is 0 Å². The predicted octanol–water partition coefficient (Wildman–Crippen LogP) is 1.04. The van der Waals surface area contributed by atoms with Crippen LogP contribution in [-0.2, 0) is 20.4 Å². The van der Waals surface area contributed by atoms with Crippen LogP contribution in [0.25, 0.3) is 0 Å². The van der Waals surface area contributed by atoms with E-state index in [2.05, 4.69) is 0 Å². The molecule has 118 valence electrons. The SMILES string of the molecule is CCN(c1cccc(C)c1C(C)=S(=O)=O)C([CH2][Na])S(=O)(=O)O. The third kappa shape index (κ3) is 4.33. The van der Waals surface area contributed by atoms with Gasteiger partial charge in [0, 0.05) is 0 Å². The fourth-order valence-corrected chi connectivity index (χ4v) is 5.70. The van der Waals surface area contributed by atoms with Crippen molar-refractivity contribution in [3.05, 3.63) is 29.3 Å². The van der Waals surface area contributed by atoms with Crippen LogP contribution >= 0.6 is 0 Å². The van der Waals surface area contributed by atoms with Crippen molar-refractivity contribution in [1.82, 2.24) is 0 Å². The molecular weight excluding hydrogens is 337 g/mol. The van der Waals surface area contributed by atoms with E-state index in [4.69, 9.17) is 0 Å². The summed E-state index contributed by atoms with van der Waals surface area (Å²) in [5.41, 5.74) is 1.73. The first-order valence-corrected chi connectivity index (χ1v) is 10.9. The van der Waals surface area contributed by atoms with Gasteiger partial charge in [0.1, 0.15) is 0 Å². The van der Waals surface area contributed by atoms with E-state index >= 15 is 0 Å². The molecule has 0 aliphatic heterocycles. The van der Waals surface area contributed by atoms with Gasteiger partial charge in [0.05, 0.1) is 0 Å². The van der Waals surface area contributed by atoms with E-state index in [1.807, 2.05) is 0 Å². The molecule has 1 aromatic carbocycles. The van der Waals surface area contributed by atoms with Crippen molar-refractivity contribution in [3.8, 4) is 0 Å². The molecule has 1 atom stereocenters. The molecule has 0 aliphatic carbocycles. The van der Waals surface area contributed by atoms with E-state index in [-0.39, 0.29) is 4.86 Å². The summed E-state index contributed by atoms with van der Waals surface area (Å²) < 4.78 is 55.7. The molecule has 0 aliphatic rings. The van der Waals surface area contributed by atoms with Crippen LogP contribution in [0.2, 0.25) is 3.67 Å². The van der Waals surface area contributed by atoms with Crippen LogP contribution in [0.1, 0.15) is 25.0 Å². The Morgan fingerprint density at radius 2 is 2.00 bits per heavy atom. The minimum absolute atomic E-state index is 0.147. The van der Waals surface area contributed by atoms with Crippen LogP contribution in [0.3, 0.4) is 0 Å². The van der Waals surface area contributed by atoms with Gasteiger partial charge >= 0.3 is 151 Å². The van der Waals surface area contributed by atoms with Crippen LogP contribution in [0, 0.1) is 6.92 Å². The zero-order valence-electron chi connectivity index (χ0n) is 13.1. The number of nitrogens with zero attached hydrogens (tertiary/aromatic N) is 1. The van der Waals surface area contributed by atoms with Crippen LogP contribution in [0.4, 0.5) is 5.69 Å². The van der Waals surface area contributed by atoms with Gasteiger partial charge in [-0.1, -0.05) is 0 Å². The summed E-state index contributed by atoms with van der Waals surface area (Å²) in [6.45, 7) is 5.35. The van der Waals surface area contributed by atoms with Crippen LogP contribution in [-0.4, -0.2) is 66.1 Å². The zero-order chi connectivity index (χ0) is 17.1. The van der Waals surface area contributed by atoms with Gasteiger partial charge < -0.3 is 0 Å². The van der Waals surface area contributed by atoms with E-state index < -0.39 is 25.8 Å². The van der Waals surface area contributed by atoms with Gasteiger partial charge in [-0.25, -0.2) is 0 Å². The second-order valence-corrected chi connectivity index (χ2v) is 8.40. The first-order chi connectivity index (χ1) is 10.1. The van der Waals surface area contributed by atoms with E-state index in [1.54, 1.807) is 36.9 Å². The minimum atomic E-state index is -4.25. The molecule has 0 bridgehead atoms. The standard InChI is InChI=1S/C13H18NO5S2.Na/c1-5-14(11(4)21(17,18)19)12-8-6-7-9(2)13(12)10(3)20(15)16;/h6-8,11H,4-5H2,1-3H3,(H,17,18,19);. The molecule has 1 unspecified atom stereocenters. The van der Waals surface area contributed by atoms with Crippen molar-refractivity contribution in [1.29, 1.82) is 0 Å². The average Bonchev–Trinajstić information content (AvgIpc) is 2.42. The van der Waals surface area contributed by atoms with E-state index in [0.29, 0.717) is 49.4 Å². The maximum atomic E-state index is 11.6. The molecule has 0 amide bonds. The quantitative estimate of drug-likeness (QED) is 0.355. The van der Waals surface area contributed by atoms with Gasteiger partial charge in [0.15, 0.2) is 0 Å². The van der Waals surface area contributed by atoms with Crippen LogP contribution in [0.15, 0.2) is 18.2 Å². The second kappa shape index (κ2) is 7.94. The van der Waals surface area contributed by atoms with Crippen molar-refractivity contribution >= 4 is 58.9 Å². The first-order valence-electron chi connectivity index (χ1n) is 6.90. The summed E-state index contributed by atoms with van der Waals surface area (Å²) in [7, 11) is -6.65. The third-order valence-electron chi connectivity index (χ3n) is 3.54. The molecule has 0 heterocycles. The molecule has 22 heavy (non-hydrogen) atoms. The molecule has 6 nitrogen and oxygen atoms in total. The van der Waals surface area contributed by atoms with Crippen LogP contribution in [0.5, 0.6) is 0 Å². The maximum absolute atomic E-state index is 11.6. The Morgan fingerprint density at radius 1 is 1.41 bits per heavy atom. The van der Waals surface area contributed by atoms with Gasteiger partial charge in [0.25, 0.3) is 0 Å². The predicted molar refractivity (Wildman–Crippen MR) is 88.8 cm³/mol. The molecule has 0 fully saturated rings. The molecular formula is C13H18NNaO5S2. The molecule has 9 heteroatoms. The van der Waals surface area contributed by atoms with Crippen molar-refractivity contribution < 1.29 is 21.4 Å². The van der Waals surface area contributed by atoms with Gasteiger partial charge in [0.2, 0.25) is 0 Å². The average molecular weight is 355 g/mol. The van der Waals surface area contributed by atoms with Crippen molar-refractivity contribution in [2.75, 3.05) is 11.4 Å². The Balaban J connectivity index is 3.67. The Bertz CT molecular complexity index is 779. The van der Waals surface area contributed by atoms with Gasteiger partial charge in [-0.3, -0.25) is 0 Å². The second-order valence-electron chi connectivity index (χ2n) is 4.92. The summed E-state index contributed by atoms with van der Waals surface area (Å²) in [4.78, 5) is 1.69. The number of aryl methyl sites for hydroxylation is 1. The van der Waals surface area contributed by atoms with Crippen molar-refractivity contribution in [2.45, 2.75) is 29.8 Å². The van der Waals surface area contributed by atoms with Gasteiger partial charge in [-0.05, 0) is 0 Å². The molecule has 0 radical (unpaired) electrons. The Labute approximate surface area is 150 Å². The van der Waals surface area contributed by atoms with E-state index in [9.17, 15) is 21.4 Å². The molecule has 1 N–H and O–H groups in total. The molecule has 0 aromatic heterocycles. The Hall–Kier alpha value is -0.380. The number of rotatable bonds is 6. The number of benzene rings is 1. The fourth-order valence-electron chi connectivity index (χ4n) is 2.55. The number of anilines is 1. The fraction of sp³-hybridized carbons (Fsp3) is 0.462. The number of hydrogen-bond donors (Lipinski definition) is 1. The topological polar surface area (TPSA) is 91.8 Å². The summed E-state index contributed by atoms with van der Waals surface area (Å²) in [6.07, 6.45) is 0. The van der Waals surface area contributed by atoms with E-state index in [1.165, 1.54) is 6.92 Å². The first kappa shape index (κ1) is 19.7. The summed E-state index contributed by atoms with van der Waals surface area (Å²) >= 11 is 0.586. The third-order valence-corrected chi connectivity index (χ3v) is 6.89. The monoisotopic (exact) mass is 355 g/mol. The summed E-state index contributed by atoms with van der Waals surface area (Å²) in [6, 6.07) is 5.19. The Kier molecular flexibility index (Phi) is 7.10.